The minimum Gasteiger partial charge on any atom is -0.377 e. The Morgan fingerprint density at radius 3 is 2.88 bits per heavy atom. The molecule has 1 rings (SSSR count). The summed E-state index contributed by atoms with van der Waals surface area (Å²) in [7, 11) is 0. The second-order valence-electron chi connectivity index (χ2n) is 5.01. The number of nitrogens with one attached hydrogen (secondary N) is 1. The van der Waals surface area contributed by atoms with Crippen LogP contribution in [0.5, 0.6) is 0 Å². The van der Waals surface area contributed by atoms with Crippen LogP contribution in [-0.2, 0) is 4.74 Å². The van der Waals surface area contributed by atoms with Crippen molar-refractivity contribution in [2.75, 3.05) is 39.3 Å². The summed E-state index contributed by atoms with van der Waals surface area (Å²) in [6, 6.07) is 0. The van der Waals surface area contributed by atoms with Gasteiger partial charge in [-0.2, -0.15) is 0 Å². The first-order valence-corrected chi connectivity index (χ1v) is 7.41. The van der Waals surface area contributed by atoms with E-state index in [4.69, 9.17) is 4.74 Å². The Kier molecular flexibility index (Phi) is 8.67. The van der Waals surface area contributed by atoms with Crippen LogP contribution < -0.4 is 5.32 Å². The van der Waals surface area contributed by atoms with E-state index in [1.54, 1.807) is 0 Å². The second kappa shape index (κ2) is 9.86. The molecule has 1 unspecified atom stereocenters. The van der Waals surface area contributed by atoms with Gasteiger partial charge in [-0.05, 0) is 51.7 Å². The molecule has 17 heavy (non-hydrogen) atoms. The molecule has 1 atom stereocenters. The number of hydrogen-bond donors (Lipinski definition) is 1. The van der Waals surface area contributed by atoms with Crippen LogP contribution >= 0.6 is 0 Å². The molecular weight excluding hydrogens is 212 g/mol. The Labute approximate surface area is 107 Å². The van der Waals surface area contributed by atoms with Crippen LogP contribution in [0.25, 0.3) is 0 Å². The van der Waals surface area contributed by atoms with Crippen LogP contribution in [0, 0.1) is 0 Å². The Balaban J connectivity index is 2.04. The lowest BCUT2D eigenvalue weighted by Gasteiger charge is -2.22. The summed E-state index contributed by atoms with van der Waals surface area (Å²) in [5.74, 6) is 0. The van der Waals surface area contributed by atoms with Crippen LogP contribution in [0.15, 0.2) is 0 Å². The topological polar surface area (TPSA) is 24.5 Å². The Morgan fingerprint density at radius 2 is 2.12 bits per heavy atom. The van der Waals surface area contributed by atoms with Gasteiger partial charge in [-0.3, -0.25) is 0 Å². The Morgan fingerprint density at radius 1 is 1.24 bits per heavy atom. The maximum atomic E-state index is 5.79. The summed E-state index contributed by atoms with van der Waals surface area (Å²) in [5, 5.41) is 3.46. The lowest BCUT2D eigenvalue weighted by atomic mass is 10.2. The molecule has 3 heteroatoms. The molecule has 0 aliphatic carbocycles. The first-order chi connectivity index (χ1) is 8.36. The van der Waals surface area contributed by atoms with Crippen LogP contribution in [0.4, 0.5) is 0 Å². The summed E-state index contributed by atoms with van der Waals surface area (Å²) < 4.78 is 5.79. The van der Waals surface area contributed by atoms with Gasteiger partial charge in [-0.15, -0.1) is 0 Å². The molecule has 0 aromatic rings. The smallest absolute Gasteiger partial charge is 0.0699 e. The lowest BCUT2D eigenvalue weighted by molar-refractivity contribution is 0.0518. The molecule has 0 radical (unpaired) electrons. The average Bonchev–Trinajstić information content (AvgIpc) is 2.58. The molecular formula is C14H30N2O. The monoisotopic (exact) mass is 242 g/mol. The molecule has 0 amide bonds. The minimum atomic E-state index is 0.468. The number of unbranched alkanes of at least 4 members (excludes halogenated alkanes) is 1. The van der Waals surface area contributed by atoms with Gasteiger partial charge in [0.05, 0.1) is 6.10 Å². The van der Waals surface area contributed by atoms with Crippen LogP contribution in [0.3, 0.4) is 0 Å². The van der Waals surface area contributed by atoms with Crippen molar-refractivity contribution in [2.24, 2.45) is 0 Å². The minimum absolute atomic E-state index is 0.468. The van der Waals surface area contributed by atoms with E-state index in [9.17, 15) is 0 Å². The highest BCUT2D eigenvalue weighted by atomic mass is 16.5. The highest BCUT2D eigenvalue weighted by Crippen LogP contribution is 2.09. The molecule has 1 aliphatic heterocycles. The van der Waals surface area contributed by atoms with E-state index in [0.29, 0.717) is 6.10 Å². The van der Waals surface area contributed by atoms with Gasteiger partial charge in [-0.25, -0.2) is 0 Å². The van der Waals surface area contributed by atoms with E-state index < -0.39 is 0 Å². The van der Waals surface area contributed by atoms with Gasteiger partial charge in [0.1, 0.15) is 0 Å². The van der Waals surface area contributed by atoms with Crippen molar-refractivity contribution in [3.8, 4) is 0 Å². The molecule has 0 spiro atoms. The van der Waals surface area contributed by atoms with Gasteiger partial charge < -0.3 is 15.0 Å². The highest BCUT2D eigenvalue weighted by Gasteiger charge is 2.16. The SMILES string of the molecule is CCCNCCCCN1CCCOC(CC)C1. The molecule has 1 fully saturated rings. The zero-order chi connectivity index (χ0) is 12.3. The van der Waals surface area contributed by atoms with Crippen molar-refractivity contribution in [3.63, 3.8) is 0 Å². The summed E-state index contributed by atoms with van der Waals surface area (Å²) in [6.07, 6.45) is 6.66. The summed E-state index contributed by atoms with van der Waals surface area (Å²) in [4.78, 5) is 2.58. The maximum absolute atomic E-state index is 5.79. The Bertz CT molecular complexity index is 176. The first-order valence-electron chi connectivity index (χ1n) is 7.41. The predicted octanol–water partition coefficient (Wildman–Crippen LogP) is 2.27. The van der Waals surface area contributed by atoms with Gasteiger partial charge in [0.15, 0.2) is 0 Å². The van der Waals surface area contributed by atoms with Gasteiger partial charge in [0.25, 0.3) is 0 Å². The van der Waals surface area contributed by atoms with Crippen molar-refractivity contribution in [1.29, 1.82) is 0 Å². The Hall–Kier alpha value is -0.120. The maximum Gasteiger partial charge on any atom is 0.0699 e. The standard InChI is InChI=1S/C14H30N2O/c1-3-8-15-9-5-6-10-16-11-7-12-17-14(4-2)13-16/h14-15H,3-13H2,1-2H3. The fourth-order valence-electron chi connectivity index (χ4n) is 2.31. The average molecular weight is 242 g/mol. The third kappa shape index (κ3) is 7.02. The zero-order valence-electron chi connectivity index (χ0n) is 11.7. The first kappa shape index (κ1) is 14.9. The fraction of sp³-hybridized carbons (Fsp3) is 1.00. The molecule has 0 bridgehead atoms. The van der Waals surface area contributed by atoms with E-state index in [1.165, 1.54) is 45.3 Å². The van der Waals surface area contributed by atoms with Crippen molar-refractivity contribution in [3.05, 3.63) is 0 Å². The normalized spacial score (nSPS) is 22.6. The molecule has 1 aliphatic rings. The number of nitrogens with zero attached hydrogens (tertiary/aromatic N) is 1. The van der Waals surface area contributed by atoms with Gasteiger partial charge >= 0.3 is 0 Å². The fourth-order valence-corrected chi connectivity index (χ4v) is 2.31. The molecule has 3 nitrogen and oxygen atoms in total. The predicted molar refractivity (Wildman–Crippen MR) is 73.5 cm³/mol. The van der Waals surface area contributed by atoms with E-state index in [-0.39, 0.29) is 0 Å². The zero-order valence-corrected chi connectivity index (χ0v) is 11.7. The van der Waals surface area contributed by atoms with E-state index in [0.717, 1.165) is 26.1 Å². The van der Waals surface area contributed by atoms with Crippen LogP contribution in [-0.4, -0.2) is 50.3 Å². The third-order valence-corrected chi connectivity index (χ3v) is 3.39. The van der Waals surface area contributed by atoms with E-state index >= 15 is 0 Å². The molecule has 0 aromatic carbocycles. The van der Waals surface area contributed by atoms with Crippen molar-refractivity contribution in [2.45, 2.75) is 52.1 Å². The van der Waals surface area contributed by atoms with Gasteiger partial charge in [0, 0.05) is 19.7 Å². The molecule has 1 heterocycles. The largest absolute Gasteiger partial charge is 0.377 e. The van der Waals surface area contributed by atoms with Gasteiger partial charge in [0.2, 0.25) is 0 Å². The number of ether oxygens (including phenoxy) is 1. The second-order valence-corrected chi connectivity index (χ2v) is 5.01. The molecule has 102 valence electrons. The third-order valence-electron chi connectivity index (χ3n) is 3.39. The highest BCUT2D eigenvalue weighted by molar-refractivity contribution is 4.69. The molecule has 0 aromatic heterocycles. The van der Waals surface area contributed by atoms with E-state index in [1.807, 2.05) is 0 Å². The lowest BCUT2D eigenvalue weighted by Crippen LogP contribution is -2.32. The number of hydrogen-bond acceptors (Lipinski definition) is 3. The molecule has 1 saturated heterocycles. The summed E-state index contributed by atoms with van der Waals surface area (Å²) in [6.45, 7) is 11.3. The van der Waals surface area contributed by atoms with Gasteiger partial charge in [-0.1, -0.05) is 13.8 Å². The number of rotatable bonds is 8. The van der Waals surface area contributed by atoms with Crippen molar-refractivity contribution < 1.29 is 4.74 Å². The molecule has 1 N–H and O–H groups in total. The van der Waals surface area contributed by atoms with Crippen LogP contribution in [0.1, 0.15) is 46.0 Å². The summed E-state index contributed by atoms with van der Waals surface area (Å²) >= 11 is 0. The van der Waals surface area contributed by atoms with Crippen molar-refractivity contribution in [1.82, 2.24) is 10.2 Å². The van der Waals surface area contributed by atoms with E-state index in [2.05, 4.69) is 24.1 Å². The molecule has 0 saturated carbocycles. The van der Waals surface area contributed by atoms with Crippen molar-refractivity contribution >= 4 is 0 Å². The quantitative estimate of drug-likeness (QED) is 0.661. The van der Waals surface area contributed by atoms with Crippen LogP contribution in [0.2, 0.25) is 0 Å². The summed E-state index contributed by atoms with van der Waals surface area (Å²) in [5.41, 5.74) is 0.